The fraction of sp³-hybridized carbons (Fsp3) is 0.400. The number of hydrogen-bond acceptors (Lipinski definition) is 3. The average molecular weight is 261 g/mol. The first kappa shape index (κ1) is 13.7. The molecule has 4 heteroatoms. The summed E-state index contributed by atoms with van der Waals surface area (Å²) in [6.45, 7) is 3.74. The second-order valence-electron chi connectivity index (χ2n) is 5.14. The molecule has 19 heavy (non-hydrogen) atoms. The van der Waals surface area contributed by atoms with E-state index >= 15 is 0 Å². The number of para-hydroxylation sites is 1. The third kappa shape index (κ3) is 3.01. The molecule has 2 rings (SSSR count). The van der Waals surface area contributed by atoms with Crippen molar-refractivity contribution in [1.82, 2.24) is 9.88 Å². The molecule has 0 unspecified atom stereocenters. The van der Waals surface area contributed by atoms with Crippen LogP contribution in [0.5, 0.6) is 0 Å². The number of hydrogen-bond donors (Lipinski definition) is 0. The number of aryl methyl sites for hydroxylation is 1. The fourth-order valence-corrected chi connectivity index (χ4v) is 2.11. The van der Waals surface area contributed by atoms with Crippen molar-refractivity contribution >= 4 is 16.6 Å². The Kier molecular flexibility index (Phi) is 4.00. The van der Waals surface area contributed by atoms with E-state index in [2.05, 4.69) is 14.8 Å². The maximum atomic E-state index is 13.8. The maximum absolute atomic E-state index is 13.8. The number of fused-ring (bicyclic) bond motifs is 1. The second kappa shape index (κ2) is 5.53. The summed E-state index contributed by atoms with van der Waals surface area (Å²) in [4.78, 5) is 8.58. The molecule has 0 radical (unpaired) electrons. The Morgan fingerprint density at radius 2 is 1.89 bits per heavy atom. The van der Waals surface area contributed by atoms with Crippen molar-refractivity contribution in [2.24, 2.45) is 0 Å². The van der Waals surface area contributed by atoms with Crippen LogP contribution in [0, 0.1) is 12.7 Å². The molecule has 3 nitrogen and oxygen atoms in total. The van der Waals surface area contributed by atoms with Crippen molar-refractivity contribution in [3.63, 3.8) is 0 Å². The summed E-state index contributed by atoms with van der Waals surface area (Å²) in [5, 5.41) is 0.867. The summed E-state index contributed by atoms with van der Waals surface area (Å²) in [7, 11) is 6.12. The van der Waals surface area contributed by atoms with Crippen LogP contribution in [0.25, 0.3) is 10.9 Å². The number of rotatable bonds is 4. The molecule has 0 fully saturated rings. The molecule has 0 bridgehead atoms. The molecular formula is C15H20FN3. The summed E-state index contributed by atoms with van der Waals surface area (Å²) in [6, 6.07) is 7.13. The lowest BCUT2D eigenvalue weighted by atomic mass is 10.1. The predicted octanol–water partition coefficient (Wildman–Crippen LogP) is 2.68. The molecule has 0 aliphatic heterocycles. The van der Waals surface area contributed by atoms with Gasteiger partial charge in [-0.2, -0.15) is 0 Å². The van der Waals surface area contributed by atoms with Gasteiger partial charge in [0, 0.05) is 36.9 Å². The van der Waals surface area contributed by atoms with Crippen LogP contribution in [-0.4, -0.2) is 44.1 Å². The highest BCUT2D eigenvalue weighted by molar-refractivity contribution is 5.92. The molecule has 0 N–H and O–H groups in total. The van der Waals surface area contributed by atoms with Gasteiger partial charge in [0.15, 0.2) is 0 Å². The summed E-state index contributed by atoms with van der Waals surface area (Å²) < 4.78 is 13.8. The van der Waals surface area contributed by atoms with Crippen molar-refractivity contribution in [3.05, 3.63) is 35.8 Å². The monoisotopic (exact) mass is 261 g/mol. The van der Waals surface area contributed by atoms with Crippen molar-refractivity contribution in [3.8, 4) is 0 Å². The van der Waals surface area contributed by atoms with Crippen LogP contribution >= 0.6 is 0 Å². The zero-order valence-corrected chi connectivity index (χ0v) is 11.9. The number of benzene rings is 1. The lowest BCUT2D eigenvalue weighted by molar-refractivity contribution is 0.416. The molecule has 2 aromatic rings. The molecule has 0 spiro atoms. The third-order valence-electron chi connectivity index (χ3n) is 3.19. The van der Waals surface area contributed by atoms with E-state index in [1.165, 1.54) is 6.07 Å². The zero-order valence-electron chi connectivity index (χ0n) is 11.9. The van der Waals surface area contributed by atoms with Gasteiger partial charge in [0.25, 0.3) is 0 Å². The molecule has 0 saturated heterocycles. The van der Waals surface area contributed by atoms with Crippen LogP contribution in [0.1, 0.15) is 5.69 Å². The molecule has 0 atom stereocenters. The summed E-state index contributed by atoms with van der Waals surface area (Å²) >= 11 is 0. The highest BCUT2D eigenvalue weighted by Crippen LogP contribution is 2.27. The third-order valence-corrected chi connectivity index (χ3v) is 3.19. The van der Waals surface area contributed by atoms with E-state index in [9.17, 15) is 4.39 Å². The van der Waals surface area contributed by atoms with Crippen LogP contribution < -0.4 is 4.90 Å². The van der Waals surface area contributed by atoms with Crippen molar-refractivity contribution in [1.29, 1.82) is 0 Å². The highest BCUT2D eigenvalue weighted by Gasteiger charge is 2.11. The zero-order chi connectivity index (χ0) is 14.0. The van der Waals surface area contributed by atoms with Gasteiger partial charge in [-0.25, -0.2) is 9.37 Å². The van der Waals surface area contributed by atoms with E-state index in [4.69, 9.17) is 0 Å². The van der Waals surface area contributed by atoms with Gasteiger partial charge in [-0.15, -0.1) is 0 Å². The van der Waals surface area contributed by atoms with Crippen LogP contribution in [0.15, 0.2) is 24.3 Å². The Morgan fingerprint density at radius 3 is 2.58 bits per heavy atom. The maximum Gasteiger partial charge on any atom is 0.149 e. The van der Waals surface area contributed by atoms with E-state index < -0.39 is 0 Å². The van der Waals surface area contributed by atoms with E-state index in [0.29, 0.717) is 5.52 Å². The first-order chi connectivity index (χ1) is 8.99. The summed E-state index contributed by atoms with van der Waals surface area (Å²) in [5.74, 6) is -0.261. The molecule has 102 valence electrons. The smallest absolute Gasteiger partial charge is 0.149 e. The minimum Gasteiger partial charge on any atom is -0.373 e. The van der Waals surface area contributed by atoms with Crippen LogP contribution in [0.3, 0.4) is 0 Å². The van der Waals surface area contributed by atoms with Crippen molar-refractivity contribution < 1.29 is 4.39 Å². The number of halogens is 1. The first-order valence-corrected chi connectivity index (χ1v) is 6.41. The molecule has 1 aromatic carbocycles. The van der Waals surface area contributed by atoms with Crippen molar-refractivity contribution in [2.75, 3.05) is 39.1 Å². The van der Waals surface area contributed by atoms with Gasteiger partial charge in [0.2, 0.25) is 0 Å². The topological polar surface area (TPSA) is 19.4 Å². The predicted molar refractivity (Wildman–Crippen MR) is 78.3 cm³/mol. The SMILES string of the molecule is Cc1cc(N(C)CCN(C)C)c2cccc(F)c2n1. The lowest BCUT2D eigenvalue weighted by Gasteiger charge is -2.23. The minimum atomic E-state index is -0.261. The summed E-state index contributed by atoms with van der Waals surface area (Å²) in [5.41, 5.74) is 2.32. The average Bonchev–Trinajstić information content (AvgIpc) is 2.36. The largest absolute Gasteiger partial charge is 0.373 e. The Bertz CT molecular complexity index is 581. The standard InChI is InChI=1S/C15H20FN3/c1-11-10-14(19(4)9-8-18(2)3)12-6-5-7-13(16)15(12)17-11/h5-7,10H,8-9H2,1-4H3. The number of likely N-dealkylation sites (N-methyl/N-ethyl adjacent to an activating group) is 2. The van der Waals surface area contributed by atoms with Gasteiger partial charge < -0.3 is 9.80 Å². The highest BCUT2D eigenvalue weighted by atomic mass is 19.1. The second-order valence-corrected chi connectivity index (χ2v) is 5.14. The number of anilines is 1. The molecule has 0 amide bonds. The lowest BCUT2D eigenvalue weighted by Crippen LogP contribution is -2.28. The normalized spacial score (nSPS) is 11.3. The van der Waals surface area contributed by atoms with E-state index in [-0.39, 0.29) is 5.82 Å². The molecule has 0 saturated carbocycles. The molecule has 0 aliphatic carbocycles. The fourth-order valence-electron chi connectivity index (χ4n) is 2.11. The van der Waals surface area contributed by atoms with Gasteiger partial charge >= 0.3 is 0 Å². The Morgan fingerprint density at radius 1 is 1.16 bits per heavy atom. The van der Waals surface area contributed by atoms with Crippen LogP contribution in [0.4, 0.5) is 10.1 Å². The van der Waals surface area contributed by atoms with Gasteiger partial charge in [0.05, 0.1) is 0 Å². The van der Waals surface area contributed by atoms with Gasteiger partial charge in [-0.1, -0.05) is 12.1 Å². The van der Waals surface area contributed by atoms with E-state index in [1.807, 2.05) is 40.2 Å². The molecular weight excluding hydrogens is 241 g/mol. The number of aromatic nitrogens is 1. The van der Waals surface area contributed by atoms with Gasteiger partial charge in [-0.05, 0) is 33.2 Å². The van der Waals surface area contributed by atoms with Crippen molar-refractivity contribution in [2.45, 2.75) is 6.92 Å². The first-order valence-electron chi connectivity index (χ1n) is 6.41. The quantitative estimate of drug-likeness (QED) is 0.843. The molecule has 1 heterocycles. The van der Waals surface area contributed by atoms with Crippen LogP contribution in [0.2, 0.25) is 0 Å². The van der Waals surface area contributed by atoms with Crippen LogP contribution in [-0.2, 0) is 0 Å². The Hall–Kier alpha value is -1.68. The number of nitrogens with zero attached hydrogens (tertiary/aromatic N) is 3. The Balaban J connectivity index is 2.44. The number of pyridine rings is 1. The molecule has 0 aliphatic rings. The summed E-state index contributed by atoms with van der Waals surface area (Å²) in [6.07, 6.45) is 0. The molecule has 1 aromatic heterocycles. The van der Waals surface area contributed by atoms with E-state index in [1.54, 1.807) is 6.07 Å². The van der Waals surface area contributed by atoms with E-state index in [0.717, 1.165) is 29.9 Å². The Labute approximate surface area is 113 Å². The van der Waals surface area contributed by atoms with Gasteiger partial charge in [-0.3, -0.25) is 0 Å². The minimum absolute atomic E-state index is 0.261. The van der Waals surface area contributed by atoms with Gasteiger partial charge in [0.1, 0.15) is 11.3 Å².